The quantitative estimate of drug-likeness (QED) is 0.753. The van der Waals surface area contributed by atoms with Crippen molar-refractivity contribution in [3.8, 4) is 0 Å². The topological polar surface area (TPSA) is 64.6 Å². The molecule has 2 amide bonds. The summed E-state index contributed by atoms with van der Waals surface area (Å²) < 4.78 is 28.3. The fourth-order valence-corrected chi connectivity index (χ4v) is 2.70. The first-order chi connectivity index (χ1) is 11.0. The Morgan fingerprint density at radius 2 is 1.91 bits per heavy atom. The average Bonchev–Trinajstić information content (AvgIpc) is 2.98. The van der Waals surface area contributed by atoms with Crippen LogP contribution in [0.4, 0.5) is 25.0 Å². The molecule has 1 saturated heterocycles. The minimum absolute atomic E-state index is 0.0353. The largest absolute Gasteiger partial charge is 0.391 e. The first-order valence-corrected chi connectivity index (χ1v) is 7.98. The van der Waals surface area contributed by atoms with Gasteiger partial charge in [0.05, 0.1) is 6.10 Å². The van der Waals surface area contributed by atoms with Crippen molar-refractivity contribution in [2.24, 2.45) is 0 Å². The van der Waals surface area contributed by atoms with Crippen LogP contribution in [0.2, 0.25) is 0 Å². The van der Waals surface area contributed by atoms with Crippen molar-refractivity contribution in [3.63, 3.8) is 0 Å². The molecule has 1 heterocycles. The Balaban J connectivity index is 1.96. The fraction of sp³-hybridized carbons (Fsp3) is 0.562. The summed E-state index contributed by atoms with van der Waals surface area (Å²) in [4.78, 5) is 13.4. The van der Waals surface area contributed by atoms with Gasteiger partial charge in [-0.1, -0.05) is 13.3 Å². The van der Waals surface area contributed by atoms with E-state index in [4.69, 9.17) is 0 Å². The lowest BCUT2D eigenvalue weighted by Gasteiger charge is -2.20. The molecule has 7 heteroatoms. The lowest BCUT2D eigenvalue weighted by molar-refractivity contribution is 0.162. The molecule has 1 aromatic carbocycles. The van der Waals surface area contributed by atoms with Crippen LogP contribution in [-0.2, 0) is 0 Å². The number of carbonyl (C=O) groups excluding carboxylic acids is 1. The predicted octanol–water partition coefficient (Wildman–Crippen LogP) is 2.85. The Labute approximate surface area is 134 Å². The van der Waals surface area contributed by atoms with Crippen molar-refractivity contribution in [1.29, 1.82) is 0 Å². The number of hydrogen-bond donors (Lipinski definition) is 3. The molecule has 1 unspecified atom stereocenters. The van der Waals surface area contributed by atoms with E-state index in [9.17, 15) is 18.7 Å². The van der Waals surface area contributed by atoms with Gasteiger partial charge in [0.25, 0.3) is 0 Å². The second-order valence-electron chi connectivity index (χ2n) is 5.76. The van der Waals surface area contributed by atoms with Crippen molar-refractivity contribution in [2.45, 2.75) is 38.7 Å². The molecule has 1 aliphatic heterocycles. The minimum Gasteiger partial charge on any atom is -0.391 e. The highest BCUT2D eigenvalue weighted by atomic mass is 19.1. The molecular weight excluding hydrogens is 304 g/mol. The summed E-state index contributed by atoms with van der Waals surface area (Å²) in [5.74, 6) is -1.37. The molecule has 1 aromatic rings. The molecule has 0 aliphatic carbocycles. The molecule has 23 heavy (non-hydrogen) atoms. The summed E-state index contributed by atoms with van der Waals surface area (Å²) in [6.07, 6.45) is 2.59. The van der Waals surface area contributed by atoms with Crippen LogP contribution >= 0.6 is 0 Å². The van der Waals surface area contributed by atoms with Gasteiger partial charge in [0.2, 0.25) is 0 Å². The van der Waals surface area contributed by atoms with E-state index in [0.29, 0.717) is 19.5 Å². The summed E-state index contributed by atoms with van der Waals surface area (Å²) in [6, 6.07) is 1.62. The van der Waals surface area contributed by atoms with Crippen LogP contribution in [0.1, 0.15) is 32.6 Å². The van der Waals surface area contributed by atoms with Crippen LogP contribution in [0.3, 0.4) is 0 Å². The Bertz CT molecular complexity index is 525. The van der Waals surface area contributed by atoms with E-state index in [1.165, 1.54) is 0 Å². The van der Waals surface area contributed by atoms with Gasteiger partial charge in [0, 0.05) is 25.3 Å². The number of rotatable bonds is 6. The molecule has 0 saturated carbocycles. The van der Waals surface area contributed by atoms with Crippen LogP contribution in [0.5, 0.6) is 0 Å². The number of hydrogen-bond acceptors (Lipinski definition) is 3. The second kappa shape index (κ2) is 8.10. The highest BCUT2D eigenvalue weighted by Crippen LogP contribution is 2.29. The van der Waals surface area contributed by atoms with Crippen LogP contribution in [0, 0.1) is 11.6 Å². The van der Waals surface area contributed by atoms with Crippen molar-refractivity contribution < 1.29 is 18.7 Å². The van der Waals surface area contributed by atoms with Crippen LogP contribution in [0.15, 0.2) is 12.1 Å². The number of amides is 2. The first-order valence-electron chi connectivity index (χ1n) is 7.98. The third-order valence-corrected chi connectivity index (χ3v) is 3.82. The van der Waals surface area contributed by atoms with E-state index in [-0.39, 0.29) is 17.9 Å². The lowest BCUT2D eigenvalue weighted by Crippen LogP contribution is -2.35. The molecule has 0 radical (unpaired) electrons. The van der Waals surface area contributed by atoms with E-state index < -0.39 is 23.8 Å². The fourth-order valence-electron chi connectivity index (χ4n) is 2.70. The van der Waals surface area contributed by atoms with E-state index in [1.807, 2.05) is 6.92 Å². The Morgan fingerprint density at radius 1 is 1.30 bits per heavy atom. The zero-order valence-electron chi connectivity index (χ0n) is 13.2. The van der Waals surface area contributed by atoms with Gasteiger partial charge in [-0.05, 0) is 31.4 Å². The Hall–Kier alpha value is -1.89. The number of aliphatic hydroxyl groups excluding tert-OH is 1. The van der Waals surface area contributed by atoms with Gasteiger partial charge in [0.15, 0.2) is 11.6 Å². The summed E-state index contributed by atoms with van der Waals surface area (Å²) in [5.41, 5.74) is 0.0113. The Kier molecular flexibility index (Phi) is 6.15. The monoisotopic (exact) mass is 327 g/mol. The summed E-state index contributed by atoms with van der Waals surface area (Å²) in [5, 5.41) is 14.4. The summed E-state index contributed by atoms with van der Waals surface area (Å²) in [6.45, 7) is 3.29. The van der Waals surface area contributed by atoms with Gasteiger partial charge >= 0.3 is 6.03 Å². The number of nitrogens with zero attached hydrogens (tertiary/aromatic N) is 1. The Morgan fingerprint density at radius 3 is 2.48 bits per heavy atom. The maximum atomic E-state index is 14.1. The molecular formula is C16H23F2N3O2. The summed E-state index contributed by atoms with van der Waals surface area (Å²) >= 11 is 0. The van der Waals surface area contributed by atoms with Gasteiger partial charge < -0.3 is 20.6 Å². The first kappa shape index (κ1) is 17.5. The molecule has 0 spiro atoms. The molecule has 1 atom stereocenters. The third kappa shape index (κ3) is 4.79. The minimum atomic E-state index is -0.687. The van der Waals surface area contributed by atoms with E-state index in [1.54, 1.807) is 4.90 Å². The normalized spacial score (nSPS) is 15.6. The van der Waals surface area contributed by atoms with Crippen LogP contribution in [-0.4, -0.2) is 36.9 Å². The van der Waals surface area contributed by atoms with Crippen molar-refractivity contribution in [1.82, 2.24) is 5.32 Å². The molecule has 1 aliphatic rings. The number of aliphatic hydroxyl groups is 1. The maximum absolute atomic E-state index is 14.1. The van der Waals surface area contributed by atoms with Crippen LogP contribution < -0.4 is 15.5 Å². The van der Waals surface area contributed by atoms with Crippen molar-refractivity contribution in [3.05, 3.63) is 23.8 Å². The second-order valence-corrected chi connectivity index (χ2v) is 5.76. The molecule has 5 nitrogen and oxygen atoms in total. The van der Waals surface area contributed by atoms with E-state index in [0.717, 1.165) is 31.4 Å². The maximum Gasteiger partial charge on any atom is 0.319 e. The van der Waals surface area contributed by atoms with Gasteiger partial charge in [-0.15, -0.1) is 0 Å². The highest BCUT2D eigenvalue weighted by molar-refractivity contribution is 5.89. The zero-order chi connectivity index (χ0) is 16.8. The highest BCUT2D eigenvalue weighted by Gasteiger charge is 2.21. The van der Waals surface area contributed by atoms with Gasteiger partial charge in [-0.2, -0.15) is 0 Å². The molecule has 0 bridgehead atoms. The number of nitrogens with one attached hydrogen (secondary N) is 2. The molecule has 2 rings (SSSR count). The van der Waals surface area contributed by atoms with E-state index in [2.05, 4.69) is 10.6 Å². The molecule has 0 aromatic heterocycles. The van der Waals surface area contributed by atoms with Crippen molar-refractivity contribution in [2.75, 3.05) is 29.9 Å². The smallest absolute Gasteiger partial charge is 0.319 e. The SMILES string of the molecule is CCCC(O)CNC(=O)Nc1cc(F)c(N2CCCC2)c(F)c1. The number of halogens is 2. The van der Waals surface area contributed by atoms with Gasteiger partial charge in [-0.3, -0.25) is 0 Å². The standard InChI is InChI=1S/C16H23F2N3O2/c1-2-5-12(22)10-19-16(23)20-11-8-13(17)15(14(18)9-11)21-6-3-4-7-21/h8-9,12,22H,2-7,10H2,1H3,(H2,19,20,23). The zero-order valence-corrected chi connectivity index (χ0v) is 13.2. The van der Waals surface area contributed by atoms with Gasteiger partial charge in [-0.25, -0.2) is 13.6 Å². The number of benzene rings is 1. The predicted molar refractivity (Wildman–Crippen MR) is 85.7 cm³/mol. The third-order valence-electron chi connectivity index (χ3n) is 3.82. The lowest BCUT2D eigenvalue weighted by atomic mass is 10.2. The number of urea groups is 1. The van der Waals surface area contributed by atoms with E-state index >= 15 is 0 Å². The number of carbonyl (C=O) groups is 1. The molecule has 3 N–H and O–H groups in total. The molecule has 128 valence electrons. The van der Waals surface area contributed by atoms with Crippen molar-refractivity contribution >= 4 is 17.4 Å². The number of anilines is 2. The molecule has 1 fully saturated rings. The van der Waals surface area contributed by atoms with Gasteiger partial charge in [0.1, 0.15) is 5.69 Å². The summed E-state index contributed by atoms with van der Waals surface area (Å²) in [7, 11) is 0. The average molecular weight is 327 g/mol. The van der Waals surface area contributed by atoms with Crippen LogP contribution in [0.25, 0.3) is 0 Å².